The molecule has 0 radical (unpaired) electrons. The van der Waals surface area contributed by atoms with Crippen LogP contribution in [0, 0.1) is 0 Å². The van der Waals surface area contributed by atoms with E-state index in [9.17, 15) is 0 Å². The fraction of sp³-hybridized carbons (Fsp3) is 1.00. The van der Waals surface area contributed by atoms with Crippen molar-refractivity contribution in [3.05, 3.63) is 0 Å². The van der Waals surface area contributed by atoms with E-state index in [1.54, 1.807) is 21.3 Å². The molecule has 0 aromatic rings. The number of hydrogen-bond donors (Lipinski definition) is 1. The van der Waals surface area contributed by atoms with Crippen LogP contribution in [0.4, 0.5) is 0 Å². The molecule has 0 spiro atoms. The van der Waals surface area contributed by atoms with Gasteiger partial charge in [0.1, 0.15) is 6.10 Å². The molecule has 15 heavy (non-hydrogen) atoms. The summed E-state index contributed by atoms with van der Waals surface area (Å²) in [5.74, 6) is 0. The molecule has 2 unspecified atom stereocenters. The van der Waals surface area contributed by atoms with Gasteiger partial charge in [0.15, 0.2) is 6.29 Å². The van der Waals surface area contributed by atoms with Crippen molar-refractivity contribution in [3.63, 3.8) is 0 Å². The first-order valence-corrected chi connectivity index (χ1v) is 6.97. The molecule has 1 rings (SSSR count). The van der Waals surface area contributed by atoms with Crippen LogP contribution in [0.2, 0.25) is 6.04 Å². The number of aliphatic hydroxyl groups is 1. The molecular formula is C9H22O5Si. The van der Waals surface area contributed by atoms with Gasteiger partial charge < -0.3 is 23.1 Å². The summed E-state index contributed by atoms with van der Waals surface area (Å²) in [7, 11) is 2.68. The van der Waals surface area contributed by atoms with Crippen LogP contribution in [-0.2, 0) is 18.0 Å². The van der Waals surface area contributed by atoms with Crippen LogP contribution in [0.3, 0.4) is 0 Å². The maximum Gasteiger partial charge on any atom is 0.500 e. The molecule has 0 saturated carbocycles. The lowest BCUT2D eigenvalue weighted by atomic mass is 10.5. The standard InChI is InChI=1S/C6H16O3Si.C3H6O2/c1-5-6-10(7-2,8-3)9-4;1-2-3(4)5-2/h5-6H2,1-4H3;2-4H,1H3. The first-order chi connectivity index (χ1) is 7.05. The van der Waals surface area contributed by atoms with Gasteiger partial charge in [-0.15, -0.1) is 0 Å². The second-order valence-corrected chi connectivity index (χ2v) is 6.37. The van der Waals surface area contributed by atoms with Gasteiger partial charge >= 0.3 is 8.80 Å². The van der Waals surface area contributed by atoms with E-state index in [0.29, 0.717) is 0 Å². The molecule has 0 aromatic heterocycles. The topological polar surface area (TPSA) is 60.5 Å². The van der Waals surface area contributed by atoms with Crippen LogP contribution in [0.25, 0.3) is 0 Å². The predicted octanol–water partition coefficient (Wildman–Crippen LogP) is 0.998. The van der Waals surface area contributed by atoms with Gasteiger partial charge in [0.25, 0.3) is 0 Å². The Morgan fingerprint density at radius 2 is 1.53 bits per heavy atom. The summed E-state index contributed by atoms with van der Waals surface area (Å²) in [6.07, 6.45) is 0.687. The Kier molecular flexibility index (Phi) is 7.32. The number of aliphatic hydroxyl groups excluding tert-OH is 1. The van der Waals surface area contributed by atoms with Gasteiger partial charge in [0, 0.05) is 27.4 Å². The van der Waals surface area contributed by atoms with E-state index in [0.717, 1.165) is 12.5 Å². The Morgan fingerprint density at radius 1 is 1.20 bits per heavy atom. The van der Waals surface area contributed by atoms with Crippen LogP contribution in [0.1, 0.15) is 20.3 Å². The summed E-state index contributed by atoms with van der Waals surface area (Å²) < 4.78 is 20.0. The van der Waals surface area contributed by atoms with E-state index in [2.05, 4.69) is 11.7 Å². The van der Waals surface area contributed by atoms with Gasteiger partial charge in [-0.3, -0.25) is 0 Å². The fourth-order valence-electron chi connectivity index (χ4n) is 1.04. The SMILES string of the molecule is CC1OC1O.CCC[Si](OC)(OC)OC. The molecule has 1 aliphatic rings. The molecule has 1 N–H and O–H groups in total. The molecule has 2 atom stereocenters. The summed E-state index contributed by atoms with van der Waals surface area (Å²) >= 11 is 0. The molecule has 0 aromatic carbocycles. The van der Waals surface area contributed by atoms with Crippen LogP contribution < -0.4 is 0 Å². The van der Waals surface area contributed by atoms with E-state index in [1.807, 2.05) is 6.92 Å². The molecule has 0 amide bonds. The number of ether oxygens (including phenoxy) is 1. The highest BCUT2D eigenvalue weighted by Gasteiger charge is 2.36. The average molecular weight is 238 g/mol. The Hall–Kier alpha value is 0.0169. The van der Waals surface area contributed by atoms with E-state index < -0.39 is 15.1 Å². The first-order valence-electron chi connectivity index (χ1n) is 5.04. The lowest BCUT2D eigenvalue weighted by molar-refractivity contribution is 0.123. The third-order valence-corrected chi connectivity index (χ3v) is 5.15. The van der Waals surface area contributed by atoms with E-state index in [-0.39, 0.29) is 6.10 Å². The predicted molar refractivity (Wildman–Crippen MR) is 58.4 cm³/mol. The Balaban J connectivity index is 0.000000322. The highest BCUT2D eigenvalue weighted by atomic mass is 28.4. The lowest BCUT2D eigenvalue weighted by Crippen LogP contribution is -2.42. The van der Waals surface area contributed by atoms with Gasteiger partial charge in [-0.1, -0.05) is 13.3 Å². The molecular weight excluding hydrogens is 216 g/mol. The quantitative estimate of drug-likeness (QED) is 0.572. The second-order valence-electron chi connectivity index (χ2n) is 3.28. The molecule has 0 bridgehead atoms. The maximum absolute atomic E-state index is 8.21. The molecule has 0 aliphatic carbocycles. The molecule has 1 aliphatic heterocycles. The highest BCUT2D eigenvalue weighted by molar-refractivity contribution is 6.60. The molecule has 1 fully saturated rings. The van der Waals surface area contributed by atoms with Crippen LogP contribution in [-0.4, -0.2) is 47.6 Å². The number of epoxide rings is 1. The molecule has 5 nitrogen and oxygen atoms in total. The summed E-state index contributed by atoms with van der Waals surface area (Å²) in [4.78, 5) is 0. The van der Waals surface area contributed by atoms with Crippen molar-refractivity contribution in [3.8, 4) is 0 Å². The van der Waals surface area contributed by atoms with Crippen LogP contribution in [0.15, 0.2) is 0 Å². The largest absolute Gasteiger partial charge is 0.500 e. The highest BCUT2D eigenvalue weighted by Crippen LogP contribution is 2.15. The van der Waals surface area contributed by atoms with Crippen molar-refractivity contribution in [1.82, 2.24) is 0 Å². The number of rotatable bonds is 5. The fourth-order valence-corrected chi connectivity index (χ4v) is 2.76. The number of hydrogen-bond acceptors (Lipinski definition) is 5. The Labute approximate surface area is 92.7 Å². The van der Waals surface area contributed by atoms with Crippen molar-refractivity contribution in [2.75, 3.05) is 21.3 Å². The zero-order valence-electron chi connectivity index (χ0n) is 10.1. The first kappa shape index (κ1) is 15.0. The molecule has 6 heteroatoms. The van der Waals surface area contributed by atoms with E-state index >= 15 is 0 Å². The van der Waals surface area contributed by atoms with E-state index in [4.69, 9.17) is 18.4 Å². The molecule has 1 saturated heterocycles. The maximum atomic E-state index is 8.21. The summed E-state index contributed by atoms with van der Waals surface area (Å²) in [5.41, 5.74) is 0. The van der Waals surface area contributed by atoms with Crippen molar-refractivity contribution < 1.29 is 23.1 Å². The third kappa shape index (κ3) is 5.60. The third-order valence-electron chi connectivity index (χ3n) is 2.17. The van der Waals surface area contributed by atoms with Gasteiger partial charge in [0.05, 0.1) is 0 Å². The van der Waals surface area contributed by atoms with E-state index in [1.165, 1.54) is 0 Å². The zero-order valence-corrected chi connectivity index (χ0v) is 11.1. The minimum absolute atomic E-state index is 0.106. The van der Waals surface area contributed by atoms with Crippen molar-refractivity contribution >= 4 is 8.80 Å². The van der Waals surface area contributed by atoms with Gasteiger partial charge in [-0.25, -0.2) is 0 Å². The monoisotopic (exact) mass is 238 g/mol. The Bertz CT molecular complexity index is 148. The lowest BCUT2D eigenvalue weighted by Gasteiger charge is -2.23. The van der Waals surface area contributed by atoms with Crippen molar-refractivity contribution in [1.29, 1.82) is 0 Å². The van der Waals surface area contributed by atoms with Gasteiger partial charge in [-0.2, -0.15) is 0 Å². The van der Waals surface area contributed by atoms with Crippen molar-refractivity contribution in [2.24, 2.45) is 0 Å². The molecule has 92 valence electrons. The minimum Gasteiger partial charge on any atom is -0.377 e. The van der Waals surface area contributed by atoms with Crippen LogP contribution in [0.5, 0.6) is 0 Å². The average Bonchev–Trinajstić information content (AvgIpc) is 2.90. The Morgan fingerprint density at radius 3 is 1.60 bits per heavy atom. The summed E-state index contributed by atoms with van der Waals surface area (Å²) in [5, 5.41) is 8.21. The zero-order chi connectivity index (χ0) is 11.9. The molecule has 1 heterocycles. The van der Waals surface area contributed by atoms with Crippen LogP contribution >= 0.6 is 0 Å². The minimum atomic E-state index is -2.22. The second kappa shape index (κ2) is 7.32. The summed E-state index contributed by atoms with van der Waals surface area (Å²) in [6.45, 7) is 3.91. The van der Waals surface area contributed by atoms with Crippen molar-refractivity contribution in [2.45, 2.75) is 38.7 Å². The summed E-state index contributed by atoms with van der Waals surface area (Å²) in [6, 6.07) is 0.885. The van der Waals surface area contributed by atoms with Gasteiger partial charge in [0.2, 0.25) is 0 Å². The normalized spacial score (nSPS) is 24.4. The smallest absolute Gasteiger partial charge is 0.377 e. The van der Waals surface area contributed by atoms with Gasteiger partial charge in [-0.05, 0) is 6.92 Å².